The number of carbonyl (C=O) groups excluding carboxylic acids is 1. The van der Waals surface area contributed by atoms with Crippen molar-refractivity contribution in [2.45, 2.75) is 49.8 Å². The maximum Gasteiger partial charge on any atom is 0.235 e. The first-order chi connectivity index (χ1) is 7.71. The van der Waals surface area contributed by atoms with Gasteiger partial charge in [-0.2, -0.15) is 0 Å². The van der Waals surface area contributed by atoms with Crippen LogP contribution in [0.5, 0.6) is 0 Å². The molecule has 2 aliphatic rings. The molecule has 92 valence electrons. The smallest absolute Gasteiger partial charge is 0.235 e. The van der Waals surface area contributed by atoms with E-state index in [1.54, 1.807) is 0 Å². The van der Waals surface area contributed by atoms with Gasteiger partial charge in [0, 0.05) is 12.6 Å². The van der Waals surface area contributed by atoms with Crippen molar-refractivity contribution < 1.29 is 4.79 Å². The van der Waals surface area contributed by atoms with Crippen LogP contribution in [0.4, 0.5) is 0 Å². The molecule has 0 aromatic rings. The van der Waals surface area contributed by atoms with Crippen LogP contribution < -0.4 is 10.6 Å². The summed E-state index contributed by atoms with van der Waals surface area (Å²) in [7, 11) is 0. The average molecular weight is 242 g/mol. The monoisotopic (exact) mass is 242 g/mol. The summed E-state index contributed by atoms with van der Waals surface area (Å²) in [6.07, 6.45) is 5.84. The molecule has 2 atom stereocenters. The Morgan fingerprint density at radius 3 is 3.06 bits per heavy atom. The summed E-state index contributed by atoms with van der Waals surface area (Å²) in [6, 6.07) is 0.629. The standard InChI is InChI=1S/C12H22N2OS/c1-12(6-3-9-16-12)11(15)14-8-5-10-4-2-7-13-10/h10,13H,2-9H2,1H3,(H,14,15)/t10-,12?/m1/s1. The zero-order valence-electron chi connectivity index (χ0n) is 10.1. The summed E-state index contributed by atoms with van der Waals surface area (Å²) in [6.45, 7) is 4.05. The molecule has 0 aromatic heterocycles. The Labute approximate surface area is 102 Å². The van der Waals surface area contributed by atoms with Gasteiger partial charge in [0.1, 0.15) is 0 Å². The molecule has 0 aliphatic carbocycles. The van der Waals surface area contributed by atoms with E-state index in [1.807, 2.05) is 11.8 Å². The first-order valence-corrected chi connectivity index (χ1v) is 7.35. The molecule has 3 nitrogen and oxygen atoms in total. The summed E-state index contributed by atoms with van der Waals surface area (Å²) >= 11 is 1.81. The second kappa shape index (κ2) is 5.41. The largest absolute Gasteiger partial charge is 0.355 e. The van der Waals surface area contributed by atoms with Gasteiger partial charge in [-0.25, -0.2) is 0 Å². The third-order valence-electron chi connectivity index (χ3n) is 3.64. The van der Waals surface area contributed by atoms with Gasteiger partial charge in [0.15, 0.2) is 0 Å². The molecule has 2 fully saturated rings. The van der Waals surface area contributed by atoms with Gasteiger partial charge in [0.05, 0.1) is 4.75 Å². The van der Waals surface area contributed by atoms with Gasteiger partial charge < -0.3 is 10.6 Å². The number of thioether (sulfide) groups is 1. The lowest BCUT2D eigenvalue weighted by Crippen LogP contribution is -2.41. The van der Waals surface area contributed by atoms with Crippen molar-refractivity contribution in [2.75, 3.05) is 18.8 Å². The molecule has 2 heterocycles. The SMILES string of the molecule is CC1(C(=O)NCC[C@H]2CCCN2)CCCS1. The molecule has 1 unspecified atom stereocenters. The predicted octanol–water partition coefficient (Wildman–Crippen LogP) is 1.53. The van der Waals surface area contributed by atoms with E-state index in [2.05, 4.69) is 17.6 Å². The Balaban J connectivity index is 1.67. The molecule has 2 rings (SSSR count). The molecule has 0 radical (unpaired) electrons. The van der Waals surface area contributed by atoms with Crippen LogP contribution in [-0.2, 0) is 4.79 Å². The van der Waals surface area contributed by atoms with Crippen LogP contribution in [0.1, 0.15) is 39.0 Å². The van der Waals surface area contributed by atoms with E-state index in [-0.39, 0.29) is 10.7 Å². The highest BCUT2D eigenvalue weighted by Crippen LogP contribution is 2.37. The van der Waals surface area contributed by atoms with Gasteiger partial charge in [-0.05, 0) is 51.3 Å². The summed E-state index contributed by atoms with van der Waals surface area (Å²) < 4.78 is -0.150. The second-order valence-electron chi connectivity index (χ2n) is 5.02. The van der Waals surface area contributed by atoms with Gasteiger partial charge in [0.25, 0.3) is 0 Å². The van der Waals surface area contributed by atoms with Crippen LogP contribution in [-0.4, -0.2) is 35.5 Å². The van der Waals surface area contributed by atoms with Crippen molar-refractivity contribution in [3.8, 4) is 0 Å². The fourth-order valence-electron chi connectivity index (χ4n) is 2.51. The van der Waals surface area contributed by atoms with E-state index in [0.717, 1.165) is 31.7 Å². The van der Waals surface area contributed by atoms with Crippen LogP contribution >= 0.6 is 11.8 Å². The maximum atomic E-state index is 12.0. The summed E-state index contributed by atoms with van der Waals surface area (Å²) in [5.74, 6) is 1.38. The Morgan fingerprint density at radius 1 is 1.56 bits per heavy atom. The average Bonchev–Trinajstić information content (AvgIpc) is 2.90. The number of hydrogen-bond donors (Lipinski definition) is 2. The van der Waals surface area contributed by atoms with Gasteiger partial charge in [0.2, 0.25) is 5.91 Å². The van der Waals surface area contributed by atoms with E-state index in [9.17, 15) is 4.79 Å². The molecule has 0 bridgehead atoms. The predicted molar refractivity (Wildman–Crippen MR) is 68.7 cm³/mol. The minimum Gasteiger partial charge on any atom is -0.355 e. The van der Waals surface area contributed by atoms with Crippen molar-refractivity contribution in [2.24, 2.45) is 0 Å². The van der Waals surface area contributed by atoms with E-state index >= 15 is 0 Å². The lowest BCUT2D eigenvalue weighted by molar-refractivity contribution is -0.123. The molecule has 0 saturated carbocycles. The van der Waals surface area contributed by atoms with Gasteiger partial charge in [-0.15, -0.1) is 11.8 Å². The third-order valence-corrected chi connectivity index (χ3v) is 5.16. The van der Waals surface area contributed by atoms with Gasteiger partial charge in [-0.3, -0.25) is 4.79 Å². The minimum absolute atomic E-state index is 0.150. The molecule has 2 saturated heterocycles. The van der Waals surface area contributed by atoms with E-state index in [4.69, 9.17) is 0 Å². The Hall–Kier alpha value is -0.220. The van der Waals surface area contributed by atoms with E-state index in [0.29, 0.717) is 6.04 Å². The minimum atomic E-state index is -0.150. The molecule has 2 N–H and O–H groups in total. The zero-order chi connectivity index (χ0) is 11.4. The topological polar surface area (TPSA) is 41.1 Å². The molecule has 16 heavy (non-hydrogen) atoms. The molecule has 0 aromatic carbocycles. The van der Waals surface area contributed by atoms with Crippen molar-refractivity contribution in [3.63, 3.8) is 0 Å². The summed E-state index contributed by atoms with van der Waals surface area (Å²) in [5, 5.41) is 6.55. The Bertz CT molecular complexity index is 245. The molecule has 2 aliphatic heterocycles. The lowest BCUT2D eigenvalue weighted by atomic mass is 10.0. The van der Waals surface area contributed by atoms with Crippen molar-refractivity contribution in [1.29, 1.82) is 0 Å². The molecule has 4 heteroatoms. The van der Waals surface area contributed by atoms with Crippen LogP contribution in [0.15, 0.2) is 0 Å². The fourth-order valence-corrected chi connectivity index (χ4v) is 3.74. The number of nitrogens with one attached hydrogen (secondary N) is 2. The highest BCUT2D eigenvalue weighted by Gasteiger charge is 2.36. The van der Waals surface area contributed by atoms with Crippen LogP contribution in [0.3, 0.4) is 0 Å². The lowest BCUT2D eigenvalue weighted by Gasteiger charge is -2.22. The highest BCUT2D eigenvalue weighted by molar-refractivity contribution is 8.01. The van der Waals surface area contributed by atoms with Crippen molar-refractivity contribution in [3.05, 3.63) is 0 Å². The Morgan fingerprint density at radius 2 is 2.44 bits per heavy atom. The molecular formula is C12H22N2OS. The quantitative estimate of drug-likeness (QED) is 0.785. The molecule has 1 amide bonds. The highest BCUT2D eigenvalue weighted by atomic mass is 32.2. The van der Waals surface area contributed by atoms with E-state index in [1.165, 1.54) is 19.3 Å². The zero-order valence-corrected chi connectivity index (χ0v) is 10.9. The molecule has 0 spiro atoms. The number of hydrogen-bond acceptors (Lipinski definition) is 3. The summed E-state index contributed by atoms with van der Waals surface area (Å²) in [4.78, 5) is 12.0. The number of amides is 1. The van der Waals surface area contributed by atoms with Crippen molar-refractivity contribution >= 4 is 17.7 Å². The number of carbonyl (C=O) groups is 1. The van der Waals surface area contributed by atoms with E-state index < -0.39 is 0 Å². The van der Waals surface area contributed by atoms with Crippen LogP contribution in [0.2, 0.25) is 0 Å². The van der Waals surface area contributed by atoms with Crippen LogP contribution in [0.25, 0.3) is 0 Å². The maximum absolute atomic E-state index is 12.0. The summed E-state index contributed by atoms with van der Waals surface area (Å²) in [5.41, 5.74) is 0. The number of rotatable bonds is 4. The first kappa shape index (κ1) is 12.2. The Kier molecular flexibility index (Phi) is 4.14. The fraction of sp³-hybridized carbons (Fsp3) is 0.917. The van der Waals surface area contributed by atoms with Crippen LogP contribution in [0, 0.1) is 0 Å². The first-order valence-electron chi connectivity index (χ1n) is 6.36. The third kappa shape index (κ3) is 2.92. The van der Waals surface area contributed by atoms with Gasteiger partial charge in [-0.1, -0.05) is 0 Å². The second-order valence-corrected chi connectivity index (χ2v) is 6.62. The van der Waals surface area contributed by atoms with Gasteiger partial charge >= 0.3 is 0 Å². The van der Waals surface area contributed by atoms with Crippen molar-refractivity contribution in [1.82, 2.24) is 10.6 Å². The molecular weight excluding hydrogens is 220 g/mol. The normalized spacial score (nSPS) is 34.2.